The fourth-order valence-electron chi connectivity index (χ4n) is 2.78. The zero-order valence-corrected chi connectivity index (χ0v) is 18.8. The highest BCUT2D eigenvalue weighted by Gasteiger charge is 2.23. The standard InChI is InChI=1S/C20H23FN4O3S2/c1-5-25(6-2)30(26,27)16-9-10-18(22-12-16)29-14(4)20-23-19(24-28-20)15-8-7-13(3)17(21)11-15/h7-12,14H,5-6H2,1-4H3/t14-/m1/s1. The van der Waals surface area contributed by atoms with Crippen molar-refractivity contribution in [3.05, 3.63) is 53.8 Å². The Hall–Kier alpha value is -2.30. The lowest BCUT2D eigenvalue weighted by Crippen LogP contribution is -2.30. The number of rotatable bonds is 8. The summed E-state index contributed by atoms with van der Waals surface area (Å²) in [5, 5.41) is 4.34. The Morgan fingerprint density at radius 3 is 2.53 bits per heavy atom. The van der Waals surface area contributed by atoms with Crippen LogP contribution in [0.3, 0.4) is 0 Å². The van der Waals surface area contributed by atoms with Crippen molar-refractivity contribution in [2.75, 3.05) is 13.1 Å². The average molecular weight is 451 g/mol. The van der Waals surface area contributed by atoms with Crippen molar-refractivity contribution < 1.29 is 17.3 Å². The Kier molecular flexibility index (Phi) is 6.89. The van der Waals surface area contributed by atoms with Gasteiger partial charge in [0.2, 0.25) is 21.7 Å². The fourth-order valence-corrected chi connectivity index (χ4v) is 5.01. The molecule has 30 heavy (non-hydrogen) atoms. The molecule has 1 atom stereocenters. The third-order valence-corrected chi connectivity index (χ3v) is 7.64. The minimum absolute atomic E-state index is 0.157. The number of hydrogen-bond donors (Lipinski definition) is 0. The molecular formula is C20H23FN4O3S2. The van der Waals surface area contributed by atoms with Gasteiger partial charge in [-0.05, 0) is 37.6 Å². The van der Waals surface area contributed by atoms with E-state index in [9.17, 15) is 12.8 Å². The molecule has 0 radical (unpaired) electrons. The van der Waals surface area contributed by atoms with Crippen molar-refractivity contribution in [3.63, 3.8) is 0 Å². The molecule has 10 heteroatoms. The van der Waals surface area contributed by atoms with E-state index in [-0.39, 0.29) is 16.0 Å². The molecular weight excluding hydrogens is 427 g/mol. The van der Waals surface area contributed by atoms with Gasteiger partial charge in [-0.3, -0.25) is 0 Å². The van der Waals surface area contributed by atoms with Crippen molar-refractivity contribution in [1.82, 2.24) is 19.4 Å². The van der Waals surface area contributed by atoms with Crippen LogP contribution in [-0.2, 0) is 10.0 Å². The van der Waals surface area contributed by atoms with Gasteiger partial charge in [0.1, 0.15) is 10.7 Å². The number of sulfonamides is 1. The van der Waals surface area contributed by atoms with Crippen molar-refractivity contribution in [1.29, 1.82) is 0 Å². The summed E-state index contributed by atoms with van der Waals surface area (Å²) < 4.78 is 45.6. The largest absolute Gasteiger partial charge is 0.338 e. The SMILES string of the molecule is CCN(CC)S(=O)(=O)c1ccc(S[C@H](C)c2nc(-c3ccc(C)c(F)c3)no2)nc1. The molecule has 0 bridgehead atoms. The number of benzene rings is 1. The molecule has 0 amide bonds. The molecule has 1 aromatic carbocycles. The lowest BCUT2D eigenvalue weighted by Gasteiger charge is -2.18. The molecule has 0 aliphatic heterocycles. The molecule has 160 valence electrons. The second kappa shape index (κ2) is 9.23. The lowest BCUT2D eigenvalue weighted by atomic mass is 10.1. The Morgan fingerprint density at radius 2 is 1.93 bits per heavy atom. The maximum atomic E-state index is 13.8. The van der Waals surface area contributed by atoms with Crippen molar-refractivity contribution in [2.45, 2.75) is 42.9 Å². The summed E-state index contributed by atoms with van der Waals surface area (Å²) in [4.78, 5) is 8.78. The van der Waals surface area contributed by atoms with E-state index in [1.807, 2.05) is 6.92 Å². The minimum atomic E-state index is -3.54. The van der Waals surface area contributed by atoms with Crippen LogP contribution in [-0.4, -0.2) is 40.9 Å². The number of aryl methyl sites for hydroxylation is 1. The highest BCUT2D eigenvalue weighted by atomic mass is 32.2. The molecule has 0 aliphatic rings. The Morgan fingerprint density at radius 1 is 1.20 bits per heavy atom. The van der Waals surface area contributed by atoms with Gasteiger partial charge in [0.25, 0.3) is 0 Å². The monoisotopic (exact) mass is 450 g/mol. The summed E-state index contributed by atoms with van der Waals surface area (Å²) in [5.41, 5.74) is 1.08. The number of thioether (sulfide) groups is 1. The topological polar surface area (TPSA) is 89.2 Å². The molecule has 2 aromatic heterocycles. The Labute approximate surface area is 179 Å². The smallest absolute Gasteiger partial charge is 0.244 e. The first kappa shape index (κ1) is 22.4. The molecule has 0 aliphatic carbocycles. The first-order chi connectivity index (χ1) is 14.3. The van der Waals surface area contributed by atoms with E-state index in [0.29, 0.717) is 41.0 Å². The molecule has 0 fully saturated rings. The van der Waals surface area contributed by atoms with E-state index in [4.69, 9.17) is 4.52 Å². The van der Waals surface area contributed by atoms with Crippen LogP contribution in [0, 0.1) is 12.7 Å². The molecule has 0 saturated carbocycles. The van der Waals surface area contributed by atoms with Crippen LogP contribution < -0.4 is 0 Å². The predicted octanol–water partition coefficient (Wildman–Crippen LogP) is 4.46. The van der Waals surface area contributed by atoms with Crippen LogP contribution in [0.25, 0.3) is 11.4 Å². The van der Waals surface area contributed by atoms with Crippen LogP contribution in [0.5, 0.6) is 0 Å². The van der Waals surface area contributed by atoms with Crippen LogP contribution in [0.2, 0.25) is 0 Å². The van der Waals surface area contributed by atoms with Crippen molar-refractivity contribution in [3.8, 4) is 11.4 Å². The summed E-state index contributed by atoms with van der Waals surface area (Å²) in [5.74, 6) is 0.354. The second-order valence-corrected chi connectivity index (χ2v) is 9.90. The predicted molar refractivity (Wildman–Crippen MR) is 113 cm³/mol. The van der Waals surface area contributed by atoms with Crippen LogP contribution in [0.4, 0.5) is 4.39 Å². The molecule has 2 heterocycles. The molecule has 0 unspecified atom stereocenters. The van der Waals surface area contributed by atoms with Crippen molar-refractivity contribution >= 4 is 21.8 Å². The third kappa shape index (κ3) is 4.71. The van der Waals surface area contributed by atoms with Crippen LogP contribution >= 0.6 is 11.8 Å². The molecule has 7 nitrogen and oxygen atoms in total. The summed E-state index contributed by atoms with van der Waals surface area (Å²) in [6, 6.07) is 7.98. The molecule has 0 spiro atoms. The van der Waals surface area contributed by atoms with Gasteiger partial charge >= 0.3 is 0 Å². The first-order valence-electron chi connectivity index (χ1n) is 9.49. The van der Waals surface area contributed by atoms with Gasteiger partial charge in [0, 0.05) is 24.8 Å². The molecule has 3 aromatic rings. The Balaban J connectivity index is 1.73. The normalized spacial score (nSPS) is 13.0. The van der Waals surface area contributed by atoms with Gasteiger partial charge in [-0.25, -0.2) is 17.8 Å². The van der Waals surface area contributed by atoms with Gasteiger partial charge in [0.15, 0.2) is 0 Å². The molecule has 3 rings (SSSR count). The van der Waals surface area contributed by atoms with Gasteiger partial charge in [0.05, 0.1) is 10.3 Å². The number of hydrogen-bond acceptors (Lipinski definition) is 7. The van der Waals surface area contributed by atoms with Gasteiger partial charge in [-0.2, -0.15) is 9.29 Å². The molecule has 0 saturated heterocycles. The molecule has 0 N–H and O–H groups in total. The van der Waals surface area contributed by atoms with Crippen LogP contribution in [0.1, 0.15) is 37.5 Å². The van der Waals surface area contributed by atoms with Crippen LogP contribution in [0.15, 0.2) is 51.0 Å². The summed E-state index contributed by atoms with van der Waals surface area (Å²) >= 11 is 1.36. The zero-order valence-electron chi connectivity index (χ0n) is 17.2. The van der Waals surface area contributed by atoms with Gasteiger partial charge in [-0.1, -0.05) is 42.9 Å². The van der Waals surface area contributed by atoms with E-state index < -0.39 is 10.0 Å². The van der Waals surface area contributed by atoms with Crippen molar-refractivity contribution in [2.24, 2.45) is 0 Å². The second-order valence-electron chi connectivity index (χ2n) is 6.60. The highest BCUT2D eigenvalue weighted by molar-refractivity contribution is 7.99. The fraction of sp³-hybridized carbons (Fsp3) is 0.350. The minimum Gasteiger partial charge on any atom is -0.338 e. The summed E-state index contributed by atoms with van der Waals surface area (Å²) in [7, 11) is -3.54. The average Bonchev–Trinajstić information content (AvgIpc) is 3.21. The van der Waals surface area contributed by atoms with E-state index >= 15 is 0 Å². The highest BCUT2D eigenvalue weighted by Crippen LogP contribution is 2.34. The first-order valence-corrected chi connectivity index (χ1v) is 11.8. The maximum absolute atomic E-state index is 13.8. The third-order valence-electron chi connectivity index (χ3n) is 4.57. The number of pyridine rings is 1. The zero-order chi connectivity index (χ0) is 21.9. The number of aromatic nitrogens is 3. The Bertz CT molecular complexity index is 1110. The van der Waals surface area contributed by atoms with E-state index in [1.54, 1.807) is 45.0 Å². The summed E-state index contributed by atoms with van der Waals surface area (Å²) in [6.45, 7) is 7.95. The number of halogens is 1. The van der Waals surface area contributed by atoms with E-state index in [1.165, 1.54) is 28.3 Å². The maximum Gasteiger partial charge on any atom is 0.244 e. The van der Waals surface area contributed by atoms with Gasteiger partial charge < -0.3 is 4.52 Å². The quantitative estimate of drug-likeness (QED) is 0.468. The lowest BCUT2D eigenvalue weighted by molar-refractivity contribution is 0.380. The summed E-state index contributed by atoms with van der Waals surface area (Å²) in [6.07, 6.45) is 1.36. The number of nitrogens with zero attached hydrogens (tertiary/aromatic N) is 4. The van der Waals surface area contributed by atoms with Gasteiger partial charge in [-0.15, -0.1) is 0 Å². The van der Waals surface area contributed by atoms with E-state index in [0.717, 1.165) is 0 Å². The van der Waals surface area contributed by atoms with E-state index in [2.05, 4.69) is 15.1 Å².